The monoisotopic (exact) mass is 269 g/mol. The van der Waals surface area contributed by atoms with Crippen LogP contribution in [0.1, 0.15) is 34.1 Å². The van der Waals surface area contributed by atoms with Gasteiger partial charge in [0.05, 0.1) is 11.0 Å². The Morgan fingerprint density at radius 1 is 1.19 bits per heavy atom. The minimum Gasteiger partial charge on any atom is -0.313 e. The first-order valence-corrected chi connectivity index (χ1v) is 8.07. The smallest absolute Gasteiger partial charge is 0.153 e. The molecule has 0 aromatic rings. The number of sulfone groups is 1. The number of hydrogen-bond donors (Lipinski definition) is 1. The van der Waals surface area contributed by atoms with Crippen molar-refractivity contribution in [2.24, 2.45) is 5.92 Å². The lowest BCUT2D eigenvalue weighted by atomic mass is 10.0. The highest BCUT2D eigenvalue weighted by Crippen LogP contribution is 2.07. The molecule has 3 nitrogen and oxygen atoms in total. The lowest BCUT2D eigenvalue weighted by Crippen LogP contribution is -2.38. The Hall–Kier alpha value is 0.200. The van der Waals surface area contributed by atoms with Crippen LogP contribution >= 0.6 is 11.6 Å². The normalized spacial score (nSPS) is 14.7. The number of rotatable bonds is 8. The number of halogens is 1. The molecule has 5 heteroatoms. The maximum atomic E-state index is 11.6. The third kappa shape index (κ3) is 6.06. The fourth-order valence-corrected chi connectivity index (χ4v) is 2.52. The van der Waals surface area contributed by atoms with Crippen LogP contribution in [0.2, 0.25) is 0 Å². The lowest BCUT2D eigenvalue weighted by Gasteiger charge is -2.21. The Labute approximate surface area is 105 Å². The van der Waals surface area contributed by atoms with Crippen molar-refractivity contribution in [3.63, 3.8) is 0 Å². The predicted octanol–water partition coefficient (Wildman–Crippen LogP) is 2.05. The van der Waals surface area contributed by atoms with E-state index in [-0.39, 0.29) is 11.0 Å². The average Bonchev–Trinajstić information content (AvgIpc) is 2.15. The predicted molar refractivity (Wildman–Crippen MR) is 70.9 cm³/mol. The number of nitrogens with one attached hydrogen (secondary N) is 1. The standard InChI is InChI=1S/C11H24ClNO2S/c1-9(2)11(5-6-12)13-7-8-16(14,15)10(3)4/h9-11,13H,5-8H2,1-4H3. The van der Waals surface area contributed by atoms with Gasteiger partial charge in [-0.2, -0.15) is 0 Å². The molecule has 98 valence electrons. The first kappa shape index (κ1) is 16.2. The third-order valence-electron chi connectivity index (χ3n) is 2.74. The molecule has 0 fully saturated rings. The molecule has 0 radical (unpaired) electrons. The van der Waals surface area contributed by atoms with Gasteiger partial charge in [-0.25, -0.2) is 8.42 Å². The molecule has 0 aromatic carbocycles. The summed E-state index contributed by atoms with van der Waals surface area (Å²) in [5, 5.41) is 2.98. The second-order valence-electron chi connectivity index (χ2n) is 4.70. The molecule has 0 aliphatic carbocycles. The van der Waals surface area contributed by atoms with Crippen molar-refractivity contribution in [2.75, 3.05) is 18.2 Å². The van der Waals surface area contributed by atoms with E-state index in [4.69, 9.17) is 11.6 Å². The van der Waals surface area contributed by atoms with Gasteiger partial charge < -0.3 is 5.32 Å². The van der Waals surface area contributed by atoms with Crippen LogP contribution < -0.4 is 5.32 Å². The molecule has 0 aliphatic heterocycles. The third-order valence-corrected chi connectivity index (χ3v) is 5.16. The SMILES string of the molecule is CC(C)C(CCCl)NCCS(=O)(=O)C(C)C. The molecular weight excluding hydrogens is 246 g/mol. The highest BCUT2D eigenvalue weighted by atomic mass is 35.5. The molecule has 0 bridgehead atoms. The zero-order chi connectivity index (χ0) is 12.8. The molecule has 0 heterocycles. The second-order valence-corrected chi connectivity index (χ2v) is 7.75. The fraction of sp³-hybridized carbons (Fsp3) is 1.00. The summed E-state index contributed by atoms with van der Waals surface area (Å²) in [6, 6.07) is 0.305. The van der Waals surface area contributed by atoms with Crippen LogP contribution in [-0.4, -0.2) is 37.9 Å². The van der Waals surface area contributed by atoms with E-state index in [2.05, 4.69) is 19.2 Å². The van der Waals surface area contributed by atoms with Gasteiger partial charge in [0.1, 0.15) is 0 Å². The Morgan fingerprint density at radius 2 is 1.75 bits per heavy atom. The zero-order valence-corrected chi connectivity index (χ0v) is 12.2. The number of hydrogen-bond acceptors (Lipinski definition) is 3. The zero-order valence-electron chi connectivity index (χ0n) is 10.7. The highest BCUT2D eigenvalue weighted by molar-refractivity contribution is 7.92. The van der Waals surface area contributed by atoms with E-state index >= 15 is 0 Å². The molecule has 1 atom stereocenters. The van der Waals surface area contributed by atoms with Crippen LogP contribution in [0.5, 0.6) is 0 Å². The summed E-state index contributed by atoms with van der Waals surface area (Å²) in [6.07, 6.45) is 0.876. The minimum atomic E-state index is -2.93. The van der Waals surface area contributed by atoms with Crippen LogP contribution in [0.25, 0.3) is 0 Å². The van der Waals surface area contributed by atoms with Gasteiger partial charge in [-0.05, 0) is 26.2 Å². The van der Waals surface area contributed by atoms with Crippen molar-refractivity contribution in [1.29, 1.82) is 0 Å². The van der Waals surface area contributed by atoms with Crippen molar-refractivity contribution < 1.29 is 8.42 Å². The van der Waals surface area contributed by atoms with Gasteiger partial charge in [0.15, 0.2) is 9.84 Å². The Balaban J connectivity index is 4.04. The first-order valence-electron chi connectivity index (χ1n) is 5.82. The Kier molecular flexibility index (Phi) is 7.61. The topological polar surface area (TPSA) is 46.2 Å². The van der Waals surface area contributed by atoms with Crippen LogP contribution in [0.4, 0.5) is 0 Å². The fourth-order valence-electron chi connectivity index (χ4n) is 1.41. The molecule has 0 aromatic heterocycles. The van der Waals surface area contributed by atoms with E-state index < -0.39 is 9.84 Å². The maximum absolute atomic E-state index is 11.6. The molecule has 0 aliphatic rings. The van der Waals surface area contributed by atoms with E-state index in [1.54, 1.807) is 13.8 Å². The Bertz CT molecular complexity index is 276. The first-order chi connectivity index (χ1) is 7.31. The highest BCUT2D eigenvalue weighted by Gasteiger charge is 2.17. The molecule has 0 saturated heterocycles. The average molecular weight is 270 g/mol. The van der Waals surface area contributed by atoms with E-state index in [0.29, 0.717) is 24.4 Å². The summed E-state index contributed by atoms with van der Waals surface area (Å²) in [5.41, 5.74) is 0. The summed E-state index contributed by atoms with van der Waals surface area (Å²) in [4.78, 5) is 0. The van der Waals surface area contributed by atoms with Crippen molar-refractivity contribution in [3.05, 3.63) is 0 Å². The van der Waals surface area contributed by atoms with Crippen molar-refractivity contribution in [1.82, 2.24) is 5.32 Å². The van der Waals surface area contributed by atoms with E-state index in [1.807, 2.05) is 0 Å². The van der Waals surface area contributed by atoms with Gasteiger partial charge in [-0.3, -0.25) is 0 Å². The molecule has 16 heavy (non-hydrogen) atoms. The van der Waals surface area contributed by atoms with Gasteiger partial charge in [-0.1, -0.05) is 13.8 Å². The molecule has 0 amide bonds. The van der Waals surface area contributed by atoms with Crippen LogP contribution in [0.15, 0.2) is 0 Å². The van der Waals surface area contributed by atoms with E-state index in [9.17, 15) is 8.42 Å². The summed E-state index contributed by atoms with van der Waals surface area (Å²) in [5.74, 6) is 1.28. The van der Waals surface area contributed by atoms with Crippen molar-refractivity contribution in [3.8, 4) is 0 Å². The van der Waals surface area contributed by atoms with Crippen LogP contribution in [0, 0.1) is 5.92 Å². The molecule has 0 saturated carbocycles. The summed E-state index contributed by atoms with van der Waals surface area (Å²) >= 11 is 5.70. The van der Waals surface area contributed by atoms with E-state index in [0.717, 1.165) is 6.42 Å². The number of alkyl halides is 1. The molecule has 1 unspecified atom stereocenters. The largest absolute Gasteiger partial charge is 0.313 e. The van der Waals surface area contributed by atoms with Gasteiger partial charge in [0.25, 0.3) is 0 Å². The summed E-state index contributed by atoms with van der Waals surface area (Å²) in [6.45, 7) is 8.17. The van der Waals surface area contributed by atoms with Gasteiger partial charge in [-0.15, -0.1) is 11.6 Å². The van der Waals surface area contributed by atoms with Gasteiger partial charge in [0, 0.05) is 18.5 Å². The maximum Gasteiger partial charge on any atom is 0.153 e. The summed E-state index contributed by atoms with van der Waals surface area (Å²) < 4.78 is 23.1. The quantitative estimate of drug-likeness (QED) is 0.686. The molecule has 0 spiro atoms. The molecular formula is C11H24ClNO2S. The van der Waals surface area contributed by atoms with Crippen LogP contribution in [-0.2, 0) is 9.84 Å². The molecule has 0 rings (SSSR count). The summed E-state index contributed by atoms with van der Waals surface area (Å²) in [7, 11) is -2.93. The second kappa shape index (κ2) is 7.51. The van der Waals surface area contributed by atoms with Crippen LogP contribution in [0.3, 0.4) is 0 Å². The van der Waals surface area contributed by atoms with Gasteiger partial charge >= 0.3 is 0 Å². The van der Waals surface area contributed by atoms with Crippen molar-refractivity contribution >= 4 is 21.4 Å². The van der Waals surface area contributed by atoms with E-state index in [1.165, 1.54) is 0 Å². The Morgan fingerprint density at radius 3 is 2.12 bits per heavy atom. The molecule has 1 N–H and O–H groups in total. The van der Waals surface area contributed by atoms with Gasteiger partial charge in [0.2, 0.25) is 0 Å². The van der Waals surface area contributed by atoms with Crippen molar-refractivity contribution in [2.45, 2.75) is 45.4 Å². The lowest BCUT2D eigenvalue weighted by molar-refractivity contribution is 0.398. The minimum absolute atomic E-state index is 0.205.